The van der Waals surface area contributed by atoms with Crippen LogP contribution in [0.4, 0.5) is 0 Å². The van der Waals surface area contributed by atoms with Crippen LogP contribution in [-0.4, -0.2) is 19.7 Å². The van der Waals surface area contributed by atoms with Gasteiger partial charge in [0, 0.05) is 12.1 Å². The van der Waals surface area contributed by atoms with E-state index in [0.717, 1.165) is 28.5 Å². The first-order valence-corrected chi connectivity index (χ1v) is 6.93. The third kappa shape index (κ3) is 2.27. The fourth-order valence-electron chi connectivity index (χ4n) is 2.24. The summed E-state index contributed by atoms with van der Waals surface area (Å²) in [5, 5.41) is 2.56. The highest BCUT2D eigenvalue weighted by molar-refractivity contribution is 6.66. The van der Waals surface area contributed by atoms with E-state index >= 15 is 0 Å². The van der Waals surface area contributed by atoms with Gasteiger partial charge in [0.1, 0.15) is 16.8 Å². The number of aromatic nitrogens is 3. The molecule has 20 heavy (non-hydrogen) atoms. The molecule has 0 aliphatic carbocycles. The Morgan fingerprint density at radius 1 is 1.40 bits per heavy atom. The first-order chi connectivity index (χ1) is 9.66. The zero-order chi connectivity index (χ0) is 14.1. The second kappa shape index (κ2) is 5.21. The van der Waals surface area contributed by atoms with E-state index in [2.05, 4.69) is 28.0 Å². The van der Waals surface area contributed by atoms with Gasteiger partial charge < -0.3 is 0 Å². The Kier molecular flexibility index (Phi) is 3.40. The summed E-state index contributed by atoms with van der Waals surface area (Å²) >= 11 is 6.19. The predicted molar refractivity (Wildman–Crippen MR) is 81.2 cm³/mol. The van der Waals surface area contributed by atoms with Crippen molar-refractivity contribution in [2.45, 2.75) is 20.3 Å². The zero-order valence-corrected chi connectivity index (χ0v) is 12.2. The summed E-state index contributed by atoms with van der Waals surface area (Å²) in [6, 6.07) is 3.93. The quantitative estimate of drug-likeness (QED) is 0.803. The summed E-state index contributed by atoms with van der Waals surface area (Å²) in [5.41, 5.74) is 1.84. The molecule has 1 atom stereocenters. The van der Waals surface area contributed by atoms with E-state index in [9.17, 15) is 0 Å². The number of nitrogens with zero attached hydrogens (tertiary/aromatic N) is 4. The van der Waals surface area contributed by atoms with Crippen LogP contribution in [0, 0.1) is 5.92 Å². The molecule has 3 rings (SSSR count). The zero-order valence-electron chi connectivity index (χ0n) is 11.4. The van der Waals surface area contributed by atoms with Gasteiger partial charge in [-0.3, -0.25) is 9.55 Å². The first-order valence-electron chi connectivity index (χ1n) is 6.56. The normalized spacial score (nSPS) is 25.6. The topological polar surface area (TPSA) is 43.1 Å². The van der Waals surface area contributed by atoms with Crippen LogP contribution >= 0.6 is 11.6 Å². The van der Waals surface area contributed by atoms with Gasteiger partial charge in [0.2, 0.25) is 0 Å². The average molecular weight is 287 g/mol. The maximum Gasteiger partial charge on any atom is 0.110 e. The Hall–Kier alpha value is -1.94. The van der Waals surface area contributed by atoms with Crippen molar-refractivity contribution in [2.75, 3.05) is 0 Å². The molecule has 102 valence electrons. The van der Waals surface area contributed by atoms with E-state index in [-0.39, 0.29) is 5.92 Å². The second-order valence-electron chi connectivity index (χ2n) is 4.92. The third-order valence-corrected chi connectivity index (χ3v) is 3.87. The molecule has 1 aliphatic heterocycles. The Balaban J connectivity index is 2.29. The molecule has 0 radical (unpaired) electrons. The maximum atomic E-state index is 6.19. The van der Waals surface area contributed by atoms with Gasteiger partial charge in [-0.2, -0.15) is 0 Å². The van der Waals surface area contributed by atoms with Crippen molar-refractivity contribution >= 4 is 28.5 Å². The smallest absolute Gasteiger partial charge is 0.110 e. The highest BCUT2D eigenvalue weighted by Crippen LogP contribution is 2.13. The van der Waals surface area contributed by atoms with Crippen LogP contribution in [0.15, 0.2) is 35.8 Å². The van der Waals surface area contributed by atoms with Gasteiger partial charge in [0.05, 0.1) is 22.9 Å². The maximum absolute atomic E-state index is 6.19. The van der Waals surface area contributed by atoms with Crippen LogP contribution in [0.5, 0.6) is 0 Å². The summed E-state index contributed by atoms with van der Waals surface area (Å²) in [7, 11) is 0. The van der Waals surface area contributed by atoms with E-state index in [0.29, 0.717) is 5.17 Å². The lowest BCUT2D eigenvalue weighted by molar-refractivity contribution is 0.818. The summed E-state index contributed by atoms with van der Waals surface area (Å²) < 4.78 is 2.04. The molecule has 1 unspecified atom stereocenters. The van der Waals surface area contributed by atoms with Gasteiger partial charge in [0.15, 0.2) is 0 Å². The van der Waals surface area contributed by atoms with Crippen molar-refractivity contribution in [3.05, 3.63) is 41.6 Å². The molecule has 5 heteroatoms. The first kappa shape index (κ1) is 13.1. The van der Waals surface area contributed by atoms with Crippen molar-refractivity contribution in [1.29, 1.82) is 0 Å². The third-order valence-electron chi connectivity index (χ3n) is 3.42. The summed E-state index contributed by atoms with van der Waals surface area (Å²) in [6.45, 7) is 4.01. The second-order valence-corrected chi connectivity index (χ2v) is 5.31. The van der Waals surface area contributed by atoms with Crippen LogP contribution in [0.25, 0.3) is 17.5 Å². The van der Waals surface area contributed by atoms with Crippen LogP contribution in [0.3, 0.4) is 0 Å². The van der Waals surface area contributed by atoms with Gasteiger partial charge in [0.25, 0.3) is 0 Å². The summed E-state index contributed by atoms with van der Waals surface area (Å²) in [4.78, 5) is 13.1. The summed E-state index contributed by atoms with van der Waals surface area (Å²) in [5.74, 6) is 0.219. The molecule has 0 saturated heterocycles. The number of fused-ring (bicyclic) bond motifs is 1. The van der Waals surface area contributed by atoms with Crippen molar-refractivity contribution < 1.29 is 0 Å². The molecule has 1 aliphatic rings. The van der Waals surface area contributed by atoms with Gasteiger partial charge in [-0.1, -0.05) is 24.6 Å². The van der Waals surface area contributed by atoms with Gasteiger partial charge >= 0.3 is 0 Å². The van der Waals surface area contributed by atoms with Crippen molar-refractivity contribution in [2.24, 2.45) is 10.9 Å². The molecule has 0 N–H and O–H groups in total. The van der Waals surface area contributed by atoms with E-state index in [1.807, 2.05) is 29.8 Å². The number of pyridine rings is 1. The number of imidazole rings is 1. The van der Waals surface area contributed by atoms with Crippen LogP contribution in [0.2, 0.25) is 0 Å². The van der Waals surface area contributed by atoms with Crippen LogP contribution in [0.1, 0.15) is 20.3 Å². The van der Waals surface area contributed by atoms with Gasteiger partial charge in [-0.25, -0.2) is 9.98 Å². The largest absolute Gasteiger partial charge is 0.298 e. The monoisotopic (exact) mass is 286 g/mol. The van der Waals surface area contributed by atoms with E-state index in [1.54, 1.807) is 12.5 Å². The Morgan fingerprint density at radius 3 is 3.00 bits per heavy atom. The van der Waals surface area contributed by atoms with Gasteiger partial charge in [-0.05, 0) is 25.5 Å². The minimum atomic E-state index is 0.219. The van der Waals surface area contributed by atoms with E-state index in [4.69, 9.17) is 11.6 Å². The van der Waals surface area contributed by atoms with Gasteiger partial charge in [-0.15, -0.1) is 0 Å². The summed E-state index contributed by atoms with van der Waals surface area (Å²) in [6.07, 6.45) is 8.40. The molecule has 2 aromatic heterocycles. The van der Waals surface area contributed by atoms with Crippen LogP contribution < -0.4 is 10.7 Å². The van der Waals surface area contributed by atoms with E-state index < -0.39 is 0 Å². The molecule has 0 bridgehead atoms. The minimum Gasteiger partial charge on any atom is -0.298 e. The average Bonchev–Trinajstić information content (AvgIpc) is 2.88. The molecule has 3 heterocycles. The molecule has 0 fully saturated rings. The van der Waals surface area contributed by atoms with Crippen molar-refractivity contribution in [3.63, 3.8) is 0 Å². The molecular weight excluding hydrogens is 272 g/mol. The van der Waals surface area contributed by atoms with Crippen molar-refractivity contribution in [1.82, 2.24) is 14.5 Å². The van der Waals surface area contributed by atoms with Crippen molar-refractivity contribution in [3.8, 4) is 5.69 Å². The minimum absolute atomic E-state index is 0.219. The molecule has 0 aromatic carbocycles. The molecule has 0 spiro atoms. The lowest BCUT2D eigenvalue weighted by Crippen LogP contribution is -2.32. The fraction of sp³-hybridized carbons (Fsp3) is 0.267. The molecular formula is C15H15ClN4. The highest BCUT2D eigenvalue weighted by Gasteiger charge is 2.12. The molecule has 2 aromatic rings. The predicted octanol–water partition coefficient (Wildman–Crippen LogP) is 1.85. The number of aliphatic imine (C=N–C) groups is 1. The molecule has 4 nitrogen and oxygen atoms in total. The number of hydrogen-bond acceptors (Lipinski definition) is 3. The molecule has 0 saturated carbocycles. The lowest BCUT2D eigenvalue weighted by atomic mass is 10.1. The standard InChI is InChI=1S/C15H15ClN4/c1-10-5-6-13-14(11(2)19-15(10)16)18-9-20(13)12-4-3-7-17-8-12/h3-4,6-10H,5H2,1-2H3/b13-6-,14-11+,19-15+. The SMILES string of the molecule is CC1=c2\ncn(-c3cccnc3)\c2=C/CC(C)/C(Cl)=N\1. The number of hydrogen-bond donors (Lipinski definition) is 0. The lowest BCUT2D eigenvalue weighted by Gasteiger charge is -2.09. The Bertz CT molecular complexity index is 774. The highest BCUT2D eigenvalue weighted by atomic mass is 35.5. The Morgan fingerprint density at radius 2 is 2.25 bits per heavy atom. The van der Waals surface area contributed by atoms with E-state index in [1.165, 1.54) is 0 Å². The molecule has 0 amide bonds. The number of rotatable bonds is 1. The van der Waals surface area contributed by atoms with Crippen LogP contribution in [-0.2, 0) is 0 Å². The Labute approximate surface area is 122 Å². The number of halogens is 1. The fourth-order valence-corrected chi connectivity index (χ4v) is 2.46.